The van der Waals surface area contributed by atoms with Gasteiger partial charge in [-0.1, -0.05) is 20.8 Å². The van der Waals surface area contributed by atoms with Gasteiger partial charge in [-0.3, -0.25) is 0 Å². The van der Waals surface area contributed by atoms with E-state index in [9.17, 15) is 0 Å². The number of nitrogens with zero attached hydrogens (tertiary/aromatic N) is 2. The summed E-state index contributed by atoms with van der Waals surface area (Å²) in [7, 11) is 4.31. The fourth-order valence-electron chi connectivity index (χ4n) is 2.27. The van der Waals surface area contributed by atoms with Gasteiger partial charge in [0.05, 0.1) is 0 Å². The van der Waals surface area contributed by atoms with E-state index < -0.39 is 0 Å². The molecular formula is C16H37N3. The summed E-state index contributed by atoms with van der Waals surface area (Å²) in [5.41, 5.74) is 0. The average molecular weight is 271 g/mol. The molecule has 0 aromatic rings. The van der Waals surface area contributed by atoms with E-state index in [0.29, 0.717) is 6.04 Å². The Balaban J connectivity index is 3.84. The first-order chi connectivity index (χ1) is 8.95. The fraction of sp³-hybridized carbons (Fsp3) is 1.00. The average Bonchev–Trinajstić information content (AvgIpc) is 2.32. The van der Waals surface area contributed by atoms with Gasteiger partial charge in [-0.15, -0.1) is 0 Å². The van der Waals surface area contributed by atoms with Gasteiger partial charge in [0.1, 0.15) is 0 Å². The molecule has 0 rings (SSSR count). The monoisotopic (exact) mass is 271 g/mol. The predicted octanol–water partition coefficient (Wildman–Crippen LogP) is 2.67. The Bertz CT molecular complexity index is 192. The van der Waals surface area contributed by atoms with Crippen molar-refractivity contribution in [1.82, 2.24) is 15.1 Å². The van der Waals surface area contributed by atoms with Crippen LogP contribution in [-0.2, 0) is 0 Å². The van der Waals surface area contributed by atoms with Gasteiger partial charge in [0.15, 0.2) is 0 Å². The highest BCUT2D eigenvalue weighted by Crippen LogP contribution is 2.04. The number of rotatable bonds is 12. The van der Waals surface area contributed by atoms with Crippen LogP contribution >= 0.6 is 0 Å². The van der Waals surface area contributed by atoms with Crippen LogP contribution in [0.25, 0.3) is 0 Å². The maximum Gasteiger partial charge on any atom is 0.0109 e. The standard InChI is InChI=1S/C16H37N3/c1-7-10-17-16(4)9-8-11-19(14-15(2)3)13-12-18(5)6/h15-17H,7-14H2,1-6H3. The van der Waals surface area contributed by atoms with Crippen molar-refractivity contribution in [2.75, 3.05) is 46.8 Å². The summed E-state index contributed by atoms with van der Waals surface area (Å²) in [6.45, 7) is 15.1. The molecule has 0 aromatic heterocycles. The maximum atomic E-state index is 3.57. The van der Waals surface area contributed by atoms with Crippen molar-refractivity contribution >= 4 is 0 Å². The molecule has 0 aliphatic carbocycles. The summed E-state index contributed by atoms with van der Waals surface area (Å²) >= 11 is 0. The topological polar surface area (TPSA) is 18.5 Å². The molecule has 19 heavy (non-hydrogen) atoms. The van der Waals surface area contributed by atoms with Crippen LogP contribution in [0.1, 0.15) is 47.0 Å². The Kier molecular flexibility index (Phi) is 11.6. The van der Waals surface area contributed by atoms with E-state index in [1.807, 2.05) is 0 Å². The highest BCUT2D eigenvalue weighted by atomic mass is 15.2. The molecule has 0 spiro atoms. The molecular weight excluding hydrogens is 234 g/mol. The van der Waals surface area contributed by atoms with Gasteiger partial charge in [-0.2, -0.15) is 0 Å². The maximum absolute atomic E-state index is 3.57. The molecule has 0 radical (unpaired) electrons. The van der Waals surface area contributed by atoms with Crippen LogP contribution in [0.15, 0.2) is 0 Å². The van der Waals surface area contributed by atoms with Crippen LogP contribution in [0.3, 0.4) is 0 Å². The second-order valence-electron chi connectivity index (χ2n) is 6.50. The van der Waals surface area contributed by atoms with Gasteiger partial charge in [-0.25, -0.2) is 0 Å². The first kappa shape index (κ1) is 18.9. The minimum atomic E-state index is 0.662. The van der Waals surface area contributed by atoms with Crippen molar-refractivity contribution in [3.63, 3.8) is 0 Å². The largest absolute Gasteiger partial charge is 0.314 e. The molecule has 0 saturated carbocycles. The molecule has 0 amide bonds. The first-order valence-corrected chi connectivity index (χ1v) is 8.06. The van der Waals surface area contributed by atoms with Crippen LogP contribution in [0, 0.1) is 5.92 Å². The van der Waals surface area contributed by atoms with Crippen molar-refractivity contribution in [2.45, 2.75) is 53.0 Å². The Morgan fingerprint density at radius 1 is 1.00 bits per heavy atom. The molecule has 0 aliphatic heterocycles. The quantitative estimate of drug-likeness (QED) is 0.589. The third kappa shape index (κ3) is 12.6. The summed E-state index contributed by atoms with van der Waals surface area (Å²) in [6, 6.07) is 0.662. The minimum Gasteiger partial charge on any atom is -0.314 e. The molecule has 0 bridgehead atoms. The van der Waals surface area contributed by atoms with Gasteiger partial charge in [0.25, 0.3) is 0 Å². The minimum absolute atomic E-state index is 0.662. The molecule has 116 valence electrons. The van der Waals surface area contributed by atoms with Crippen LogP contribution in [0.2, 0.25) is 0 Å². The zero-order chi connectivity index (χ0) is 14.7. The lowest BCUT2D eigenvalue weighted by molar-refractivity contribution is 0.213. The Morgan fingerprint density at radius 3 is 2.21 bits per heavy atom. The smallest absolute Gasteiger partial charge is 0.0109 e. The molecule has 1 N–H and O–H groups in total. The second kappa shape index (κ2) is 11.7. The van der Waals surface area contributed by atoms with Crippen molar-refractivity contribution < 1.29 is 0 Å². The summed E-state index contributed by atoms with van der Waals surface area (Å²) in [5.74, 6) is 0.762. The van der Waals surface area contributed by atoms with E-state index in [1.165, 1.54) is 38.9 Å². The van der Waals surface area contributed by atoms with Crippen molar-refractivity contribution in [2.24, 2.45) is 5.92 Å². The van der Waals surface area contributed by atoms with Gasteiger partial charge in [-0.05, 0) is 59.3 Å². The molecule has 3 nitrogen and oxygen atoms in total. The van der Waals surface area contributed by atoms with Crippen LogP contribution < -0.4 is 5.32 Å². The normalized spacial score (nSPS) is 13.7. The number of hydrogen-bond donors (Lipinski definition) is 1. The molecule has 3 heteroatoms. The first-order valence-electron chi connectivity index (χ1n) is 8.06. The summed E-state index contributed by atoms with van der Waals surface area (Å²) in [5, 5.41) is 3.57. The molecule has 0 fully saturated rings. The van der Waals surface area contributed by atoms with Crippen molar-refractivity contribution in [3.05, 3.63) is 0 Å². The summed E-state index contributed by atoms with van der Waals surface area (Å²) in [6.07, 6.45) is 3.82. The highest BCUT2D eigenvalue weighted by Gasteiger charge is 2.08. The predicted molar refractivity (Wildman–Crippen MR) is 86.8 cm³/mol. The second-order valence-corrected chi connectivity index (χ2v) is 6.50. The fourth-order valence-corrected chi connectivity index (χ4v) is 2.27. The zero-order valence-corrected chi connectivity index (χ0v) is 14.2. The van der Waals surface area contributed by atoms with Gasteiger partial charge >= 0.3 is 0 Å². The van der Waals surface area contributed by atoms with Gasteiger partial charge in [0, 0.05) is 25.7 Å². The lowest BCUT2D eigenvalue weighted by Crippen LogP contribution is -2.36. The van der Waals surface area contributed by atoms with Crippen molar-refractivity contribution in [1.29, 1.82) is 0 Å². The molecule has 0 aromatic carbocycles. The number of hydrogen-bond acceptors (Lipinski definition) is 3. The molecule has 1 unspecified atom stereocenters. The van der Waals surface area contributed by atoms with Gasteiger partial charge < -0.3 is 15.1 Å². The van der Waals surface area contributed by atoms with E-state index in [1.54, 1.807) is 0 Å². The van der Waals surface area contributed by atoms with E-state index in [-0.39, 0.29) is 0 Å². The number of nitrogens with one attached hydrogen (secondary N) is 1. The Hall–Kier alpha value is -0.120. The Labute approximate surface area is 121 Å². The molecule has 1 atom stereocenters. The van der Waals surface area contributed by atoms with E-state index in [4.69, 9.17) is 0 Å². The van der Waals surface area contributed by atoms with E-state index in [2.05, 4.69) is 56.9 Å². The summed E-state index contributed by atoms with van der Waals surface area (Å²) in [4.78, 5) is 4.90. The Morgan fingerprint density at radius 2 is 1.68 bits per heavy atom. The summed E-state index contributed by atoms with van der Waals surface area (Å²) < 4.78 is 0. The van der Waals surface area contributed by atoms with Crippen LogP contribution in [0.4, 0.5) is 0 Å². The molecule has 0 heterocycles. The van der Waals surface area contributed by atoms with Gasteiger partial charge in [0.2, 0.25) is 0 Å². The zero-order valence-electron chi connectivity index (χ0n) is 14.2. The lowest BCUT2D eigenvalue weighted by Gasteiger charge is -2.26. The van der Waals surface area contributed by atoms with E-state index in [0.717, 1.165) is 19.0 Å². The number of likely N-dealkylation sites (N-methyl/N-ethyl adjacent to an activating group) is 1. The highest BCUT2D eigenvalue weighted by molar-refractivity contribution is 4.65. The molecule has 0 saturated heterocycles. The van der Waals surface area contributed by atoms with Crippen LogP contribution in [0.5, 0.6) is 0 Å². The third-order valence-corrected chi connectivity index (χ3v) is 3.34. The van der Waals surface area contributed by atoms with Crippen molar-refractivity contribution in [3.8, 4) is 0 Å². The third-order valence-electron chi connectivity index (χ3n) is 3.34. The molecule has 0 aliphatic rings. The SMILES string of the molecule is CCCNC(C)CCCN(CCN(C)C)CC(C)C. The lowest BCUT2D eigenvalue weighted by atomic mass is 10.1. The van der Waals surface area contributed by atoms with Crippen LogP contribution in [-0.4, -0.2) is 62.7 Å². The van der Waals surface area contributed by atoms with E-state index >= 15 is 0 Å².